The molecule has 2 aromatic heterocycles. The lowest BCUT2D eigenvalue weighted by Crippen LogP contribution is -2.31. The molecule has 0 atom stereocenters. The average Bonchev–Trinajstić information content (AvgIpc) is 3.33. The fraction of sp³-hybridized carbons (Fsp3) is 0.231. The van der Waals surface area contributed by atoms with Gasteiger partial charge in [-0.2, -0.15) is 0 Å². The summed E-state index contributed by atoms with van der Waals surface area (Å²) in [7, 11) is 0. The molecule has 9 heteroatoms. The molecule has 0 saturated heterocycles. The first kappa shape index (κ1) is 25.8. The second-order valence-corrected chi connectivity index (χ2v) is 7.85. The maximum absolute atomic E-state index is 13.6. The molecule has 4 rings (SSSR count). The summed E-state index contributed by atoms with van der Waals surface area (Å²) < 4.78 is 15.2. The summed E-state index contributed by atoms with van der Waals surface area (Å²) >= 11 is 0. The van der Waals surface area contributed by atoms with Crippen LogP contribution in [0.3, 0.4) is 0 Å². The van der Waals surface area contributed by atoms with E-state index < -0.39 is 0 Å². The Kier molecular flexibility index (Phi) is 8.92. The van der Waals surface area contributed by atoms with E-state index in [0.717, 1.165) is 30.0 Å². The van der Waals surface area contributed by atoms with E-state index >= 15 is 0 Å². The van der Waals surface area contributed by atoms with Gasteiger partial charge in [-0.3, -0.25) is 4.79 Å². The minimum Gasteiger partial charge on any atom is -0.357 e. The third-order valence-electron chi connectivity index (χ3n) is 5.57. The molecule has 0 aliphatic carbocycles. The Morgan fingerprint density at radius 2 is 1.66 bits per heavy atom. The van der Waals surface area contributed by atoms with E-state index in [1.807, 2.05) is 42.5 Å². The first-order chi connectivity index (χ1) is 16.6. The Morgan fingerprint density at radius 1 is 0.943 bits per heavy atom. The van der Waals surface area contributed by atoms with Gasteiger partial charge in [-0.25, -0.2) is 14.1 Å². The third-order valence-corrected chi connectivity index (χ3v) is 5.57. The Labute approximate surface area is 210 Å². The van der Waals surface area contributed by atoms with Crippen molar-refractivity contribution in [1.82, 2.24) is 20.0 Å². The molecule has 0 fully saturated rings. The lowest BCUT2D eigenvalue weighted by atomic mass is 10.2. The van der Waals surface area contributed by atoms with Gasteiger partial charge in [0.25, 0.3) is 5.91 Å². The number of halogens is 2. The van der Waals surface area contributed by atoms with Crippen LogP contribution in [0, 0.1) is 5.82 Å². The number of carbonyl (C=O) groups excluding carboxylic acids is 1. The molecule has 35 heavy (non-hydrogen) atoms. The van der Waals surface area contributed by atoms with E-state index in [1.165, 1.54) is 12.1 Å². The number of pyridine rings is 1. The monoisotopic (exact) mass is 494 g/mol. The number of benzene rings is 2. The number of aromatic nitrogens is 4. The number of hydrogen-bond acceptors (Lipinski definition) is 5. The average molecular weight is 495 g/mol. The van der Waals surface area contributed by atoms with Crippen LogP contribution in [-0.4, -0.2) is 39.0 Å². The Balaban J connectivity index is 0.00000342. The van der Waals surface area contributed by atoms with Gasteiger partial charge in [-0.15, -0.1) is 17.5 Å². The van der Waals surface area contributed by atoms with Gasteiger partial charge < -0.3 is 9.80 Å². The van der Waals surface area contributed by atoms with Gasteiger partial charge in [-0.1, -0.05) is 41.6 Å². The lowest BCUT2D eigenvalue weighted by molar-refractivity contribution is 0.0980. The van der Waals surface area contributed by atoms with Gasteiger partial charge in [0.1, 0.15) is 11.6 Å². The van der Waals surface area contributed by atoms with Crippen molar-refractivity contribution in [2.24, 2.45) is 0 Å². The molecule has 0 unspecified atom stereocenters. The molecular formula is C26H28ClFN6O. The summed E-state index contributed by atoms with van der Waals surface area (Å²) in [5, 5.41) is 8.22. The van der Waals surface area contributed by atoms with Crippen molar-refractivity contribution in [2.75, 3.05) is 22.9 Å². The maximum Gasteiger partial charge on any atom is 0.280 e. The van der Waals surface area contributed by atoms with Gasteiger partial charge in [0.15, 0.2) is 5.69 Å². The van der Waals surface area contributed by atoms with Crippen LogP contribution in [0.15, 0.2) is 79.1 Å². The molecule has 0 N–H and O–H groups in total. The Hall–Kier alpha value is -3.78. The van der Waals surface area contributed by atoms with Gasteiger partial charge in [0, 0.05) is 25.0 Å². The summed E-state index contributed by atoms with van der Waals surface area (Å²) in [4.78, 5) is 21.7. The normalized spacial score (nSPS) is 10.5. The van der Waals surface area contributed by atoms with E-state index in [0.29, 0.717) is 12.2 Å². The summed E-state index contributed by atoms with van der Waals surface area (Å²) in [6.07, 6.45) is 3.40. The van der Waals surface area contributed by atoms with Crippen LogP contribution in [0.2, 0.25) is 0 Å². The lowest BCUT2D eigenvalue weighted by Gasteiger charge is -2.23. The number of rotatable bonds is 9. The molecule has 0 saturated carbocycles. The van der Waals surface area contributed by atoms with Gasteiger partial charge in [0.2, 0.25) is 0 Å². The highest BCUT2D eigenvalue weighted by molar-refractivity contribution is 6.04. The quantitative estimate of drug-likeness (QED) is 0.328. The topological polar surface area (TPSA) is 67.2 Å². The number of carbonyl (C=O) groups is 1. The van der Waals surface area contributed by atoms with Gasteiger partial charge in [-0.05, 0) is 55.3 Å². The molecule has 0 spiro atoms. The van der Waals surface area contributed by atoms with Crippen LogP contribution in [0.5, 0.6) is 0 Å². The van der Waals surface area contributed by atoms with E-state index in [-0.39, 0.29) is 36.4 Å². The number of hydrogen-bond donors (Lipinski definition) is 0. The molecule has 182 valence electrons. The van der Waals surface area contributed by atoms with E-state index in [4.69, 9.17) is 0 Å². The highest BCUT2D eigenvalue weighted by atomic mass is 35.5. The van der Waals surface area contributed by atoms with Crippen LogP contribution in [0.25, 0.3) is 0 Å². The van der Waals surface area contributed by atoms with Gasteiger partial charge in [0.05, 0.1) is 19.3 Å². The molecular weight excluding hydrogens is 467 g/mol. The molecule has 0 aliphatic rings. The maximum atomic E-state index is 13.6. The minimum absolute atomic E-state index is 0. The summed E-state index contributed by atoms with van der Waals surface area (Å²) in [5.41, 5.74) is 2.69. The molecule has 2 aromatic carbocycles. The first-order valence-electron chi connectivity index (χ1n) is 11.3. The molecule has 0 bridgehead atoms. The number of amides is 1. The molecule has 0 radical (unpaired) electrons. The van der Waals surface area contributed by atoms with Crippen molar-refractivity contribution in [3.05, 3.63) is 102 Å². The highest BCUT2D eigenvalue weighted by Gasteiger charge is 2.22. The first-order valence-corrected chi connectivity index (χ1v) is 11.3. The largest absolute Gasteiger partial charge is 0.357 e. The van der Waals surface area contributed by atoms with Crippen molar-refractivity contribution in [2.45, 2.75) is 26.9 Å². The summed E-state index contributed by atoms with van der Waals surface area (Å²) in [6.45, 7) is 6.66. The standard InChI is InChI=1S/C26H27FN6O.ClH/c1-3-31(4-2)25-15-10-21(16-28-25)18-33(23-13-11-22(27)12-14-23)26(34)24-19-32(30-29-24)17-20-8-6-5-7-9-20;/h5-16,19H,3-4,17-18H2,1-2H3;1H. The Morgan fingerprint density at radius 3 is 2.29 bits per heavy atom. The predicted octanol–water partition coefficient (Wildman–Crippen LogP) is 4.98. The van der Waals surface area contributed by atoms with E-state index in [2.05, 4.69) is 34.0 Å². The number of nitrogens with zero attached hydrogens (tertiary/aromatic N) is 6. The van der Waals surface area contributed by atoms with Crippen LogP contribution in [-0.2, 0) is 13.1 Å². The zero-order valence-electron chi connectivity index (χ0n) is 19.7. The zero-order valence-corrected chi connectivity index (χ0v) is 20.5. The smallest absolute Gasteiger partial charge is 0.280 e. The summed E-state index contributed by atoms with van der Waals surface area (Å²) in [5.74, 6) is 0.200. The van der Waals surface area contributed by atoms with E-state index in [9.17, 15) is 9.18 Å². The zero-order chi connectivity index (χ0) is 23.9. The molecule has 1 amide bonds. The number of anilines is 2. The molecule has 7 nitrogen and oxygen atoms in total. The predicted molar refractivity (Wildman–Crippen MR) is 138 cm³/mol. The second kappa shape index (κ2) is 12.1. The fourth-order valence-corrected chi connectivity index (χ4v) is 3.71. The fourth-order valence-electron chi connectivity index (χ4n) is 3.71. The van der Waals surface area contributed by atoms with Crippen LogP contribution >= 0.6 is 12.4 Å². The van der Waals surface area contributed by atoms with Gasteiger partial charge >= 0.3 is 0 Å². The van der Waals surface area contributed by atoms with Crippen molar-refractivity contribution >= 4 is 29.8 Å². The van der Waals surface area contributed by atoms with Crippen molar-refractivity contribution in [3.8, 4) is 0 Å². The molecule has 4 aromatic rings. The minimum atomic E-state index is -0.366. The Bertz CT molecular complexity index is 1210. The van der Waals surface area contributed by atoms with Crippen molar-refractivity contribution < 1.29 is 9.18 Å². The summed E-state index contributed by atoms with van der Waals surface area (Å²) in [6, 6.07) is 19.6. The molecule has 2 heterocycles. The van der Waals surface area contributed by atoms with Crippen molar-refractivity contribution in [1.29, 1.82) is 0 Å². The van der Waals surface area contributed by atoms with E-state index in [1.54, 1.807) is 34.1 Å². The van der Waals surface area contributed by atoms with Crippen molar-refractivity contribution in [3.63, 3.8) is 0 Å². The highest BCUT2D eigenvalue weighted by Crippen LogP contribution is 2.21. The van der Waals surface area contributed by atoms with Crippen LogP contribution in [0.4, 0.5) is 15.9 Å². The molecule has 0 aliphatic heterocycles. The second-order valence-electron chi connectivity index (χ2n) is 7.85. The van der Waals surface area contributed by atoms with Crippen LogP contribution in [0.1, 0.15) is 35.5 Å². The SMILES string of the molecule is CCN(CC)c1ccc(CN(C(=O)c2cn(Cc3ccccc3)nn2)c2ccc(F)cc2)cn1.Cl. The third kappa shape index (κ3) is 6.42. The van der Waals surface area contributed by atoms with Crippen LogP contribution < -0.4 is 9.80 Å².